The minimum Gasteiger partial charge on any atom is -0.332 e. The van der Waals surface area contributed by atoms with Crippen LogP contribution in [0.25, 0.3) is 0 Å². The van der Waals surface area contributed by atoms with E-state index < -0.39 is 10.0 Å². The van der Waals surface area contributed by atoms with Gasteiger partial charge < -0.3 is 4.90 Å². The van der Waals surface area contributed by atoms with Crippen molar-refractivity contribution in [1.82, 2.24) is 4.31 Å². The third-order valence-corrected chi connectivity index (χ3v) is 6.93. The van der Waals surface area contributed by atoms with E-state index in [1.54, 1.807) is 28.6 Å². The van der Waals surface area contributed by atoms with Gasteiger partial charge in [0, 0.05) is 10.9 Å². The van der Waals surface area contributed by atoms with Crippen molar-refractivity contribution in [3.8, 4) is 0 Å². The van der Waals surface area contributed by atoms with Gasteiger partial charge in [-0.15, -0.1) is 0 Å². The lowest BCUT2D eigenvalue weighted by Gasteiger charge is -2.31. The number of hydrogen-bond acceptors (Lipinski definition) is 2. The Morgan fingerprint density at radius 1 is 0.958 bits per heavy atom. The van der Waals surface area contributed by atoms with Crippen LogP contribution >= 0.6 is 15.9 Å². The summed E-state index contributed by atoms with van der Waals surface area (Å²) in [5.74, 6) is 0. The molecule has 0 aliphatic carbocycles. The van der Waals surface area contributed by atoms with E-state index in [0.29, 0.717) is 18.0 Å². The number of benzene rings is 2. The number of sulfonamides is 1. The van der Waals surface area contributed by atoms with E-state index in [0.717, 1.165) is 30.5 Å². The van der Waals surface area contributed by atoms with Crippen molar-refractivity contribution in [2.45, 2.75) is 11.3 Å². The van der Waals surface area contributed by atoms with Crippen LogP contribution in [0.5, 0.6) is 0 Å². The van der Waals surface area contributed by atoms with Crippen LogP contribution in [-0.2, 0) is 16.4 Å². The van der Waals surface area contributed by atoms with Crippen LogP contribution in [0, 0.1) is 0 Å². The molecule has 0 atom stereocenters. The molecule has 1 N–H and O–H groups in total. The van der Waals surface area contributed by atoms with Crippen LogP contribution in [-0.4, -0.2) is 45.4 Å². The van der Waals surface area contributed by atoms with Gasteiger partial charge in [-0.3, -0.25) is 0 Å². The highest BCUT2D eigenvalue weighted by Crippen LogP contribution is 2.18. The Morgan fingerprint density at radius 2 is 1.58 bits per heavy atom. The fraction of sp³-hybridized carbons (Fsp3) is 0.333. The van der Waals surface area contributed by atoms with Crippen LogP contribution in [0.3, 0.4) is 0 Å². The third-order valence-electron chi connectivity index (χ3n) is 4.49. The summed E-state index contributed by atoms with van der Waals surface area (Å²) in [5, 5.41) is 0. The van der Waals surface area contributed by atoms with Gasteiger partial charge in [0.25, 0.3) is 0 Å². The molecule has 2 aromatic rings. The highest BCUT2D eigenvalue weighted by atomic mass is 79.9. The summed E-state index contributed by atoms with van der Waals surface area (Å²) in [4.78, 5) is 1.85. The largest absolute Gasteiger partial charge is 0.332 e. The van der Waals surface area contributed by atoms with Crippen LogP contribution in [0.2, 0.25) is 0 Å². The molecule has 2 aromatic carbocycles. The summed E-state index contributed by atoms with van der Waals surface area (Å²) in [7, 11) is -3.37. The first-order chi connectivity index (χ1) is 11.6. The van der Waals surface area contributed by atoms with E-state index in [1.165, 1.54) is 10.5 Å². The number of hydrogen-bond donors (Lipinski definition) is 1. The van der Waals surface area contributed by atoms with Crippen molar-refractivity contribution in [1.29, 1.82) is 0 Å². The molecular weight excluding hydrogens is 388 g/mol. The Labute approximate surface area is 152 Å². The molecule has 24 heavy (non-hydrogen) atoms. The molecule has 0 unspecified atom stereocenters. The average Bonchev–Trinajstić information content (AvgIpc) is 2.61. The number of rotatable bonds is 5. The van der Waals surface area contributed by atoms with Crippen LogP contribution in [0.15, 0.2) is 64.0 Å². The molecule has 0 amide bonds. The predicted molar refractivity (Wildman–Crippen MR) is 98.6 cm³/mol. The number of halogens is 1. The third kappa shape index (κ3) is 4.25. The predicted octanol–water partition coefficient (Wildman–Crippen LogP) is 1.58. The Balaban J connectivity index is 1.55. The normalized spacial score (nSPS) is 17.0. The number of quaternary nitrogens is 1. The van der Waals surface area contributed by atoms with Gasteiger partial charge in [0.1, 0.15) is 0 Å². The molecule has 128 valence electrons. The molecule has 0 bridgehead atoms. The van der Waals surface area contributed by atoms with Crippen molar-refractivity contribution >= 4 is 26.0 Å². The van der Waals surface area contributed by atoms with Gasteiger partial charge in [0.05, 0.1) is 37.6 Å². The molecule has 6 heteroatoms. The summed E-state index contributed by atoms with van der Waals surface area (Å²) in [5.41, 5.74) is 1.34. The smallest absolute Gasteiger partial charge is 0.243 e. The zero-order chi connectivity index (χ0) is 17.0. The molecule has 0 aromatic heterocycles. The maximum Gasteiger partial charge on any atom is 0.243 e. The Bertz CT molecular complexity index is 755. The van der Waals surface area contributed by atoms with Crippen LogP contribution in [0.4, 0.5) is 0 Å². The number of nitrogens with one attached hydrogen (secondary N) is 1. The molecule has 1 aliphatic rings. The first-order valence-corrected chi connectivity index (χ1v) is 10.4. The molecule has 3 rings (SSSR count). The van der Waals surface area contributed by atoms with Gasteiger partial charge in [-0.25, -0.2) is 8.42 Å². The van der Waals surface area contributed by atoms with Crippen LogP contribution in [0.1, 0.15) is 5.56 Å². The maximum atomic E-state index is 12.7. The summed E-state index contributed by atoms with van der Waals surface area (Å²) in [6, 6.07) is 17.3. The minimum atomic E-state index is -3.37. The SMILES string of the molecule is O=S(=O)(c1ccc(Br)cc1)N1CC[NH+](CCc2ccccc2)CC1. The topological polar surface area (TPSA) is 41.8 Å². The lowest BCUT2D eigenvalue weighted by Crippen LogP contribution is -3.15. The highest BCUT2D eigenvalue weighted by Gasteiger charge is 2.30. The summed E-state index contributed by atoms with van der Waals surface area (Å²) < 4.78 is 27.9. The minimum absolute atomic E-state index is 0.374. The standard InChI is InChI=1S/C18H21BrN2O2S/c19-17-6-8-18(9-7-17)24(22,23)21-14-12-20(13-15-21)11-10-16-4-2-1-3-5-16/h1-9H,10-15H2/p+1. The first kappa shape index (κ1) is 17.6. The monoisotopic (exact) mass is 409 g/mol. The van der Waals surface area contributed by atoms with Crippen molar-refractivity contribution in [3.05, 3.63) is 64.6 Å². The van der Waals surface area contributed by atoms with E-state index in [-0.39, 0.29) is 0 Å². The average molecular weight is 410 g/mol. The summed E-state index contributed by atoms with van der Waals surface area (Å²) >= 11 is 3.34. The molecule has 0 radical (unpaired) electrons. The lowest BCUT2D eigenvalue weighted by molar-refractivity contribution is -0.903. The van der Waals surface area contributed by atoms with Crippen molar-refractivity contribution in [2.24, 2.45) is 0 Å². The zero-order valence-electron chi connectivity index (χ0n) is 13.5. The van der Waals surface area contributed by atoms with Gasteiger partial charge in [-0.05, 0) is 29.8 Å². The van der Waals surface area contributed by atoms with E-state index in [2.05, 4.69) is 40.2 Å². The van der Waals surface area contributed by atoms with Gasteiger partial charge in [-0.1, -0.05) is 46.3 Å². The molecule has 1 heterocycles. The lowest BCUT2D eigenvalue weighted by atomic mass is 10.1. The number of piperazine rings is 1. The van der Waals surface area contributed by atoms with Gasteiger partial charge in [0.2, 0.25) is 10.0 Å². The van der Waals surface area contributed by atoms with Crippen molar-refractivity contribution in [3.63, 3.8) is 0 Å². The molecular formula is C18H22BrN2O2S+. The second-order valence-corrected chi connectivity index (χ2v) is 8.95. The Morgan fingerprint density at radius 3 is 2.21 bits per heavy atom. The Hall–Kier alpha value is -1.21. The number of nitrogens with zero attached hydrogens (tertiary/aromatic N) is 1. The fourth-order valence-electron chi connectivity index (χ4n) is 3.01. The van der Waals surface area contributed by atoms with Crippen molar-refractivity contribution in [2.75, 3.05) is 32.7 Å². The fourth-order valence-corrected chi connectivity index (χ4v) is 4.72. The molecule has 0 saturated carbocycles. The van der Waals surface area contributed by atoms with Gasteiger partial charge >= 0.3 is 0 Å². The highest BCUT2D eigenvalue weighted by molar-refractivity contribution is 9.10. The molecule has 4 nitrogen and oxygen atoms in total. The first-order valence-electron chi connectivity index (χ1n) is 8.19. The van der Waals surface area contributed by atoms with E-state index in [4.69, 9.17) is 0 Å². The summed E-state index contributed by atoms with van der Waals surface area (Å²) in [6.07, 6.45) is 1.04. The molecule has 0 spiro atoms. The summed E-state index contributed by atoms with van der Waals surface area (Å²) in [6.45, 7) is 3.95. The Kier molecular flexibility index (Phi) is 5.71. The quantitative estimate of drug-likeness (QED) is 0.814. The molecule has 1 saturated heterocycles. The van der Waals surface area contributed by atoms with Crippen molar-refractivity contribution < 1.29 is 13.3 Å². The van der Waals surface area contributed by atoms with E-state index in [1.807, 2.05) is 6.07 Å². The van der Waals surface area contributed by atoms with Gasteiger partial charge in [-0.2, -0.15) is 4.31 Å². The molecule has 1 aliphatic heterocycles. The zero-order valence-corrected chi connectivity index (χ0v) is 15.9. The van der Waals surface area contributed by atoms with E-state index >= 15 is 0 Å². The second-order valence-electron chi connectivity index (χ2n) is 6.09. The van der Waals surface area contributed by atoms with Crippen LogP contribution < -0.4 is 4.90 Å². The second kappa shape index (κ2) is 7.78. The van der Waals surface area contributed by atoms with E-state index in [9.17, 15) is 8.42 Å². The van der Waals surface area contributed by atoms with Gasteiger partial charge in [0.15, 0.2) is 0 Å². The molecule has 1 fully saturated rings. The maximum absolute atomic E-state index is 12.7.